The zero-order valence-electron chi connectivity index (χ0n) is 12.6. The second-order valence-corrected chi connectivity index (χ2v) is 5.03. The summed E-state index contributed by atoms with van der Waals surface area (Å²) in [6.45, 7) is 0.380. The molecule has 2 aromatic carbocycles. The molecule has 0 unspecified atom stereocenters. The summed E-state index contributed by atoms with van der Waals surface area (Å²) in [7, 11) is 3.72. The molecular weight excluding hydrogens is 280 g/mol. The topological polar surface area (TPSA) is 55.6 Å². The summed E-state index contributed by atoms with van der Waals surface area (Å²) in [4.78, 5) is 12.6. The van der Waals surface area contributed by atoms with E-state index in [1.807, 2.05) is 49.3 Å². The molecular formula is C17H18N2O3. The fourth-order valence-corrected chi connectivity index (χ4v) is 1.88. The monoisotopic (exact) mass is 298 g/mol. The molecule has 2 aromatic rings. The number of rotatable bonds is 6. The van der Waals surface area contributed by atoms with Crippen LogP contribution in [0.3, 0.4) is 0 Å². The number of nitrogens with zero attached hydrogens (tertiary/aromatic N) is 2. The molecule has 0 N–H and O–H groups in total. The van der Waals surface area contributed by atoms with Gasteiger partial charge in [0, 0.05) is 14.1 Å². The summed E-state index contributed by atoms with van der Waals surface area (Å²) in [6, 6.07) is 14.6. The maximum atomic E-state index is 11.2. The molecule has 22 heavy (non-hydrogen) atoms. The van der Waals surface area contributed by atoms with E-state index in [9.17, 15) is 10.1 Å². The number of benzene rings is 2. The van der Waals surface area contributed by atoms with Crippen LogP contribution in [0.2, 0.25) is 0 Å². The van der Waals surface area contributed by atoms with Gasteiger partial charge in [-0.25, -0.2) is 0 Å². The van der Waals surface area contributed by atoms with Gasteiger partial charge in [0.25, 0.3) is 5.69 Å². The first-order valence-electron chi connectivity index (χ1n) is 6.86. The van der Waals surface area contributed by atoms with Gasteiger partial charge in [0.1, 0.15) is 12.4 Å². The van der Waals surface area contributed by atoms with E-state index in [0.29, 0.717) is 17.9 Å². The van der Waals surface area contributed by atoms with Crippen LogP contribution in [0.5, 0.6) is 5.75 Å². The van der Waals surface area contributed by atoms with E-state index in [1.165, 1.54) is 6.07 Å². The summed E-state index contributed by atoms with van der Waals surface area (Å²) in [5.41, 5.74) is 1.59. The largest absolute Gasteiger partial charge is 0.489 e. The molecule has 0 saturated heterocycles. The van der Waals surface area contributed by atoms with Crippen LogP contribution in [0.1, 0.15) is 11.1 Å². The van der Waals surface area contributed by atoms with Crippen LogP contribution < -0.4 is 4.74 Å². The van der Waals surface area contributed by atoms with Crippen molar-refractivity contribution >= 4 is 11.8 Å². The molecule has 0 radical (unpaired) electrons. The van der Waals surface area contributed by atoms with E-state index in [4.69, 9.17) is 4.74 Å². The van der Waals surface area contributed by atoms with Crippen molar-refractivity contribution in [3.05, 3.63) is 76.0 Å². The van der Waals surface area contributed by atoms with Gasteiger partial charge in [-0.3, -0.25) is 10.1 Å². The first-order valence-corrected chi connectivity index (χ1v) is 6.86. The molecule has 5 nitrogen and oxygen atoms in total. The maximum absolute atomic E-state index is 11.2. The lowest BCUT2D eigenvalue weighted by Gasteiger charge is -2.08. The molecule has 0 bridgehead atoms. The average Bonchev–Trinajstić information content (AvgIpc) is 2.52. The highest BCUT2D eigenvalue weighted by molar-refractivity contribution is 5.62. The van der Waals surface area contributed by atoms with Crippen LogP contribution in [0.15, 0.2) is 54.7 Å². The van der Waals surface area contributed by atoms with Crippen LogP contribution in [-0.4, -0.2) is 23.9 Å². The van der Waals surface area contributed by atoms with Crippen molar-refractivity contribution in [1.29, 1.82) is 0 Å². The highest BCUT2D eigenvalue weighted by Gasteiger charge is 2.13. The molecule has 0 aliphatic carbocycles. The summed E-state index contributed by atoms with van der Waals surface area (Å²) >= 11 is 0. The minimum absolute atomic E-state index is 0.0312. The van der Waals surface area contributed by atoms with Crippen molar-refractivity contribution in [3.63, 3.8) is 0 Å². The first-order chi connectivity index (χ1) is 10.6. The number of ether oxygens (including phenoxy) is 1. The van der Waals surface area contributed by atoms with Crippen molar-refractivity contribution in [2.75, 3.05) is 14.1 Å². The zero-order chi connectivity index (χ0) is 15.9. The van der Waals surface area contributed by atoms with Gasteiger partial charge >= 0.3 is 0 Å². The molecule has 0 fully saturated rings. The lowest BCUT2D eigenvalue weighted by molar-refractivity contribution is -0.385. The first kappa shape index (κ1) is 15.6. The molecule has 0 heterocycles. The highest BCUT2D eigenvalue weighted by atomic mass is 16.6. The van der Waals surface area contributed by atoms with Crippen molar-refractivity contribution in [1.82, 2.24) is 4.90 Å². The van der Waals surface area contributed by atoms with E-state index < -0.39 is 4.92 Å². The lowest BCUT2D eigenvalue weighted by atomic mass is 10.1. The van der Waals surface area contributed by atoms with Crippen LogP contribution >= 0.6 is 0 Å². The second-order valence-electron chi connectivity index (χ2n) is 5.03. The predicted octanol–water partition coefficient (Wildman–Crippen LogP) is 3.71. The van der Waals surface area contributed by atoms with Gasteiger partial charge in [0.2, 0.25) is 0 Å². The van der Waals surface area contributed by atoms with Gasteiger partial charge in [-0.1, -0.05) is 30.3 Å². The Morgan fingerprint density at radius 3 is 2.55 bits per heavy atom. The van der Waals surface area contributed by atoms with E-state index in [0.717, 1.165) is 5.56 Å². The molecule has 114 valence electrons. The normalized spacial score (nSPS) is 10.6. The summed E-state index contributed by atoms with van der Waals surface area (Å²) in [6.07, 6.45) is 3.48. The number of hydrogen-bond donors (Lipinski definition) is 0. The Kier molecular flexibility index (Phi) is 5.14. The Morgan fingerprint density at radius 2 is 1.91 bits per heavy atom. The SMILES string of the molecule is CN(C)/C=C/c1ccc(OCc2ccccc2)cc1[N+](=O)[O-]. The third-order valence-corrected chi connectivity index (χ3v) is 3.00. The molecule has 0 spiro atoms. The van der Waals surface area contributed by atoms with Gasteiger partial charge in [-0.15, -0.1) is 0 Å². The molecule has 0 amide bonds. The second kappa shape index (κ2) is 7.26. The third-order valence-electron chi connectivity index (χ3n) is 3.00. The van der Waals surface area contributed by atoms with E-state index in [2.05, 4.69) is 0 Å². The van der Waals surface area contributed by atoms with Gasteiger partial charge in [0.05, 0.1) is 16.6 Å². The zero-order valence-corrected chi connectivity index (χ0v) is 12.6. The predicted molar refractivity (Wildman–Crippen MR) is 86.6 cm³/mol. The Labute approximate surface area is 129 Å². The molecule has 0 aliphatic rings. The highest BCUT2D eigenvalue weighted by Crippen LogP contribution is 2.26. The van der Waals surface area contributed by atoms with Crippen LogP contribution in [0.25, 0.3) is 6.08 Å². The van der Waals surface area contributed by atoms with E-state index >= 15 is 0 Å². The summed E-state index contributed by atoms with van der Waals surface area (Å²) < 4.78 is 5.62. The van der Waals surface area contributed by atoms with E-state index in [-0.39, 0.29) is 5.69 Å². The fourth-order valence-electron chi connectivity index (χ4n) is 1.88. The van der Waals surface area contributed by atoms with Crippen LogP contribution in [0.4, 0.5) is 5.69 Å². The molecule has 0 atom stereocenters. The standard InChI is InChI=1S/C17H18N2O3/c1-18(2)11-10-15-8-9-16(12-17(15)19(20)21)22-13-14-6-4-3-5-7-14/h3-12H,13H2,1-2H3/b11-10+. The average molecular weight is 298 g/mol. The minimum Gasteiger partial charge on any atom is -0.489 e. The summed E-state index contributed by atoms with van der Waals surface area (Å²) in [5, 5.41) is 11.2. The quantitative estimate of drug-likeness (QED) is 0.602. The Hall–Kier alpha value is -2.82. The van der Waals surface area contributed by atoms with Crippen molar-refractivity contribution in [3.8, 4) is 5.75 Å². The molecule has 0 aromatic heterocycles. The molecule has 5 heteroatoms. The van der Waals surface area contributed by atoms with Gasteiger partial charge in [-0.05, 0) is 30.0 Å². The van der Waals surface area contributed by atoms with Crippen molar-refractivity contribution < 1.29 is 9.66 Å². The minimum atomic E-state index is -0.398. The van der Waals surface area contributed by atoms with Crippen molar-refractivity contribution in [2.24, 2.45) is 0 Å². The van der Waals surface area contributed by atoms with E-state index in [1.54, 1.807) is 24.4 Å². The van der Waals surface area contributed by atoms with Gasteiger partial charge < -0.3 is 9.64 Å². The van der Waals surface area contributed by atoms with Crippen LogP contribution in [0, 0.1) is 10.1 Å². The Bertz CT molecular complexity index is 667. The van der Waals surface area contributed by atoms with Gasteiger partial charge in [-0.2, -0.15) is 0 Å². The smallest absolute Gasteiger partial charge is 0.280 e. The number of hydrogen-bond acceptors (Lipinski definition) is 4. The molecule has 0 saturated carbocycles. The Morgan fingerprint density at radius 1 is 1.18 bits per heavy atom. The number of nitro groups is 1. The van der Waals surface area contributed by atoms with Crippen molar-refractivity contribution in [2.45, 2.75) is 6.61 Å². The molecule has 0 aliphatic heterocycles. The third kappa shape index (κ3) is 4.34. The summed E-state index contributed by atoms with van der Waals surface area (Å²) in [5.74, 6) is 0.484. The lowest BCUT2D eigenvalue weighted by Crippen LogP contribution is -2.01. The van der Waals surface area contributed by atoms with Crippen LogP contribution in [-0.2, 0) is 6.61 Å². The fraction of sp³-hybridized carbons (Fsp3) is 0.176. The Balaban J connectivity index is 2.16. The van der Waals surface area contributed by atoms with Gasteiger partial charge in [0.15, 0.2) is 0 Å². The molecule has 2 rings (SSSR count). The number of nitro benzene ring substituents is 1. The maximum Gasteiger partial charge on any atom is 0.280 e.